The normalized spacial score (nSPS) is 10.8. The van der Waals surface area contributed by atoms with E-state index in [0.29, 0.717) is 5.56 Å². The smallest absolute Gasteiger partial charge is 0.343 e. The second-order valence-corrected chi connectivity index (χ2v) is 4.43. The Morgan fingerprint density at radius 3 is 3.00 bits per heavy atom. The Kier molecular flexibility index (Phi) is 3.42. The Morgan fingerprint density at radius 1 is 1.45 bits per heavy atom. The first-order valence-corrected chi connectivity index (χ1v) is 6.54. The van der Waals surface area contributed by atoms with Gasteiger partial charge in [0.05, 0.1) is 6.61 Å². The van der Waals surface area contributed by atoms with Crippen molar-refractivity contribution in [3.8, 4) is 11.4 Å². The fourth-order valence-electron chi connectivity index (χ4n) is 1.99. The summed E-state index contributed by atoms with van der Waals surface area (Å²) in [6, 6.07) is 5.82. The van der Waals surface area contributed by atoms with E-state index in [1.165, 1.54) is 22.8 Å². The van der Waals surface area contributed by atoms with Gasteiger partial charge in [0.2, 0.25) is 5.95 Å². The summed E-state index contributed by atoms with van der Waals surface area (Å²) in [5.74, 6) is -0.672. The van der Waals surface area contributed by atoms with Crippen molar-refractivity contribution in [2.75, 3.05) is 12.3 Å². The summed E-state index contributed by atoms with van der Waals surface area (Å²) in [6.07, 6.45) is 1.28. The van der Waals surface area contributed by atoms with Crippen LogP contribution in [-0.4, -0.2) is 32.2 Å². The van der Waals surface area contributed by atoms with Crippen LogP contribution < -0.4 is 5.73 Å². The number of nitrogen functional groups attached to an aromatic ring is 1. The van der Waals surface area contributed by atoms with E-state index in [2.05, 4.69) is 15.1 Å². The molecule has 0 saturated heterocycles. The van der Waals surface area contributed by atoms with Crippen LogP contribution in [0.4, 0.5) is 10.3 Å². The molecule has 7 nitrogen and oxygen atoms in total. The fraction of sp³-hybridized carbons (Fsp3) is 0.143. The van der Waals surface area contributed by atoms with Crippen molar-refractivity contribution < 1.29 is 13.9 Å². The molecule has 2 aromatic heterocycles. The molecule has 112 valence electrons. The Bertz CT molecular complexity index is 862. The lowest BCUT2D eigenvalue weighted by atomic mass is 10.2. The number of carbonyl (C=O) groups is 1. The maximum Gasteiger partial charge on any atom is 0.343 e. The molecule has 3 aromatic rings. The molecule has 0 amide bonds. The van der Waals surface area contributed by atoms with Gasteiger partial charge in [-0.2, -0.15) is 4.52 Å². The summed E-state index contributed by atoms with van der Waals surface area (Å²) in [5, 5.41) is 4.17. The maximum atomic E-state index is 13.3. The van der Waals surface area contributed by atoms with Crippen molar-refractivity contribution in [1.29, 1.82) is 0 Å². The van der Waals surface area contributed by atoms with Crippen LogP contribution in [-0.2, 0) is 4.74 Å². The minimum Gasteiger partial charge on any atom is -0.462 e. The van der Waals surface area contributed by atoms with Gasteiger partial charge in [0.1, 0.15) is 11.4 Å². The lowest BCUT2D eigenvalue weighted by Gasteiger charge is -2.03. The summed E-state index contributed by atoms with van der Waals surface area (Å²) in [4.78, 5) is 20.1. The zero-order valence-corrected chi connectivity index (χ0v) is 11.7. The third kappa shape index (κ3) is 2.34. The molecule has 2 heterocycles. The van der Waals surface area contributed by atoms with Crippen LogP contribution >= 0.6 is 0 Å². The van der Waals surface area contributed by atoms with Crippen LogP contribution in [0.1, 0.15) is 17.3 Å². The van der Waals surface area contributed by atoms with Crippen LogP contribution in [0.2, 0.25) is 0 Å². The summed E-state index contributed by atoms with van der Waals surface area (Å²) in [6.45, 7) is 1.92. The summed E-state index contributed by atoms with van der Waals surface area (Å²) < 4.78 is 19.5. The van der Waals surface area contributed by atoms with Gasteiger partial charge < -0.3 is 10.5 Å². The largest absolute Gasteiger partial charge is 0.462 e. The molecule has 0 aliphatic carbocycles. The van der Waals surface area contributed by atoms with Crippen molar-refractivity contribution in [3.05, 3.63) is 41.8 Å². The highest BCUT2D eigenvalue weighted by Gasteiger charge is 2.18. The van der Waals surface area contributed by atoms with Gasteiger partial charge in [0, 0.05) is 11.8 Å². The van der Waals surface area contributed by atoms with Gasteiger partial charge in [-0.3, -0.25) is 0 Å². The van der Waals surface area contributed by atoms with Gasteiger partial charge in [-0.05, 0) is 19.1 Å². The first kappa shape index (κ1) is 13.9. The van der Waals surface area contributed by atoms with E-state index in [1.54, 1.807) is 19.1 Å². The molecule has 0 bridgehead atoms. The second-order valence-electron chi connectivity index (χ2n) is 4.43. The number of ether oxygens (including phenoxy) is 1. The molecule has 22 heavy (non-hydrogen) atoms. The number of hydrogen-bond acceptors (Lipinski definition) is 6. The van der Waals surface area contributed by atoms with E-state index in [1.807, 2.05) is 0 Å². The monoisotopic (exact) mass is 301 g/mol. The zero-order chi connectivity index (χ0) is 15.7. The van der Waals surface area contributed by atoms with Gasteiger partial charge in [-0.1, -0.05) is 12.1 Å². The number of benzene rings is 1. The summed E-state index contributed by atoms with van der Waals surface area (Å²) in [5.41, 5.74) is 6.57. The van der Waals surface area contributed by atoms with Gasteiger partial charge >= 0.3 is 5.97 Å². The topological polar surface area (TPSA) is 95.4 Å². The number of nitrogens with two attached hydrogens (primary N) is 1. The molecule has 0 unspecified atom stereocenters. The molecule has 3 rings (SSSR count). The third-order valence-corrected chi connectivity index (χ3v) is 2.97. The lowest BCUT2D eigenvalue weighted by molar-refractivity contribution is 0.0527. The summed E-state index contributed by atoms with van der Waals surface area (Å²) in [7, 11) is 0. The fourth-order valence-corrected chi connectivity index (χ4v) is 1.99. The first-order valence-electron chi connectivity index (χ1n) is 6.54. The van der Waals surface area contributed by atoms with E-state index in [-0.39, 0.29) is 29.6 Å². The molecule has 8 heteroatoms. The molecule has 0 fully saturated rings. The van der Waals surface area contributed by atoms with Crippen LogP contribution in [0.3, 0.4) is 0 Å². The highest BCUT2D eigenvalue weighted by Crippen LogP contribution is 2.20. The predicted octanol–water partition coefficient (Wildman–Crippen LogP) is 1.69. The molecular formula is C14H12FN5O2. The zero-order valence-electron chi connectivity index (χ0n) is 11.7. The standard InChI is InChI=1S/C14H12FN5O2/c1-2-22-13(21)10-7-17-14(16)20-12(10)18-11(19-20)8-4-3-5-9(15)6-8/h3-7H,2H2,1H3,(H2,16,17). The molecule has 0 aliphatic rings. The number of esters is 1. The molecule has 1 aromatic carbocycles. The SMILES string of the molecule is CCOC(=O)c1cnc(N)n2nc(-c3cccc(F)c3)nc12. The van der Waals surface area contributed by atoms with Gasteiger partial charge in [-0.25, -0.2) is 19.2 Å². The summed E-state index contributed by atoms with van der Waals surface area (Å²) >= 11 is 0. The van der Waals surface area contributed by atoms with Gasteiger partial charge in [-0.15, -0.1) is 5.10 Å². The number of anilines is 1. The Hall–Kier alpha value is -3.03. The Labute approximate surface area is 124 Å². The number of aromatic nitrogens is 4. The number of rotatable bonds is 3. The van der Waals surface area contributed by atoms with Crippen LogP contribution in [0.25, 0.3) is 17.0 Å². The average molecular weight is 301 g/mol. The van der Waals surface area contributed by atoms with Gasteiger partial charge in [0.25, 0.3) is 0 Å². The molecule has 0 saturated carbocycles. The molecule has 0 radical (unpaired) electrons. The van der Waals surface area contributed by atoms with Crippen molar-refractivity contribution in [3.63, 3.8) is 0 Å². The third-order valence-electron chi connectivity index (χ3n) is 2.97. The van der Waals surface area contributed by atoms with E-state index >= 15 is 0 Å². The highest BCUT2D eigenvalue weighted by atomic mass is 19.1. The molecule has 0 spiro atoms. The Morgan fingerprint density at radius 2 is 2.27 bits per heavy atom. The van der Waals surface area contributed by atoms with Crippen LogP contribution in [0.15, 0.2) is 30.5 Å². The first-order chi connectivity index (χ1) is 10.6. The van der Waals surface area contributed by atoms with Crippen molar-refractivity contribution in [2.45, 2.75) is 6.92 Å². The van der Waals surface area contributed by atoms with E-state index in [4.69, 9.17) is 10.5 Å². The molecule has 2 N–H and O–H groups in total. The van der Waals surface area contributed by atoms with Crippen LogP contribution in [0, 0.1) is 5.82 Å². The van der Waals surface area contributed by atoms with Crippen molar-refractivity contribution in [2.24, 2.45) is 0 Å². The van der Waals surface area contributed by atoms with Gasteiger partial charge in [0.15, 0.2) is 11.5 Å². The minimum atomic E-state index is -0.571. The second kappa shape index (κ2) is 5.40. The molecule has 0 atom stereocenters. The van der Waals surface area contributed by atoms with E-state index in [0.717, 1.165) is 0 Å². The van der Waals surface area contributed by atoms with Crippen molar-refractivity contribution in [1.82, 2.24) is 19.6 Å². The number of fused-ring (bicyclic) bond motifs is 1. The highest BCUT2D eigenvalue weighted by molar-refractivity contribution is 5.95. The lowest BCUT2D eigenvalue weighted by Crippen LogP contribution is -2.10. The number of nitrogens with zero attached hydrogens (tertiary/aromatic N) is 4. The number of hydrogen-bond donors (Lipinski definition) is 1. The molecule has 0 aliphatic heterocycles. The average Bonchev–Trinajstić information content (AvgIpc) is 2.94. The predicted molar refractivity (Wildman–Crippen MR) is 76.5 cm³/mol. The Balaban J connectivity index is 2.18. The maximum absolute atomic E-state index is 13.3. The van der Waals surface area contributed by atoms with E-state index < -0.39 is 11.8 Å². The van der Waals surface area contributed by atoms with Crippen molar-refractivity contribution >= 4 is 17.6 Å². The molecular weight excluding hydrogens is 289 g/mol. The number of carbonyl (C=O) groups excluding carboxylic acids is 1. The van der Waals surface area contributed by atoms with E-state index in [9.17, 15) is 9.18 Å². The van der Waals surface area contributed by atoms with Crippen LogP contribution in [0.5, 0.6) is 0 Å². The minimum absolute atomic E-state index is 0.0678. The number of halogens is 1. The quantitative estimate of drug-likeness (QED) is 0.740.